The van der Waals surface area contributed by atoms with E-state index in [1.165, 1.54) is 10.2 Å². The summed E-state index contributed by atoms with van der Waals surface area (Å²) in [6.45, 7) is 15.2. The zero-order valence-corrected chi connectivity index (χ0v) is 14.7. The van der Waals surface area contributed by atoms with Crippen LogP contribution in [0.2, 0.25) is 0 Å². The molecule has 0 saturated carbocycles. The molecule has 1 aromatic heterocycles. The smallest absolute Gasteiger partial charge is 0.0738 e. The van der Waals surface area contributed by atoms with Crippen LogP contribution >= 0.6 is 15.9 Å². The third-order valence-electron chi connectivity index (χ3n) is 3.64. The van der Waals surface area contributed by atoms with Crippen molar-refractivity contribution in [3.8, 4) is 0 Å². The topological polar surface area (TPSA) is 29.9 Å². The van der Waals surface area contributed by atoms with E-state index in [-0.39, 0.29) is 0 Å². The lowest BCUT2D eigenvalue weighted by atomic mass is 9.90. The van der Waals surface area contributed by atoms with Crippen molar-refractivity contribution in [3.05, 3.63) is 15.9 Å². The molecule has 0 aromatic carbocycles. The van der Waals surface area contributed by atoms with Crippen molar-refractivity contribution in [2.45, 2.75) is 60.5 Å². The van der Waals surface area contributed by atoms with Gasteiger partial charge < -0.3 is 5.32 Å². The Kier molecular flexibility index (Phi) is 6.54. The van der Waals surface area contributed by atoms with Gasteiger partial charge in [-0.3, -0.25) is 4.68 Å². The molecule has 110 valence electrons. The molecule has 1 aromatic rings. The summed E-state index contributed by atoms with van der Waals surface area (Å²) >= 11 is 3.70. The lowest BCUT2D eigenvalue weighted by Crippen LogP contribution is -2.32. The van der Waals surface area contributed by atoms with Crippen molar-refractivity contribution >= 4 is 15.9 Å². The molecule has 0 amide bonds. The van der Waals surface area contributed by atoms with Gasteiger partial charge in [0.05, 0.1) is 15.9 Å². The second-order valence-corrected chi connectivity index (χ2v) is 6.73. The van der Waals surface area contributed by atoms with Crippen LogP contribution in [0.1, 0.15) is 46.0 Å². The molecule has 0 spiro atoms. The molecule has 0 aliphatic carbocycles. The standard InChI is InChI=1S/C15H28BrN3/c1-7-19-14(15(16)12(6)18-19)8-13(10(2)3)9-17-11(4)5/h10-11,13,17H,7-9H2,1-6H3. The molecular formula is C15H28BrN3. The lowest BCUT2D eigenvalue weighted by molar-refractivity contribution is 0.341. The van der Waals surface area contributed by atoms with Crippen molar-refractivity contribution < 1.29 is 0 Å². The van der Waals surface area contributed by atoms with Crippen molar-refractivity contribution in [1.29, 1.82) is 0 Å². The molecule has 3 nitrogen and oxygen atoms in total. The number of halogens is 1. The van der Waals surface area contributed by atoms with Crippen LogP contribution in [0.25, 0.3) is 0 Å². The number of aromatic nitrogens is 2. The summed E-state index contributed by atoms with van der Waals surface area (Å²) in [7, 11) is 0. The van der Waals surface area contributed by atoms with Gasteiger partial charge in [-0.15, -0.1) is 0 Å². The molecule has 0 radical (unpaired) electrons. The minimum Gasteiger partial charge on any atom is -0.314 e. The van der Waals surface area contributed by atoms with Crippen molar-refractivity contribution in [3.63, 3.8) is 0 Å². The van der Waals surface area contributed by atoms with Gasteiger partial charge in [0.25, 0.3) is 0 Å². The van der Waals surface area contributed by atoms with Gasteiger partial charge in [0, 0.05) is 12.6 Å². The molecular weight excluding hydrogens is 302 g/mol. The van der Waals surface area contributed by atoms with Crippen LogP contribution < -0.4 is 5.32 Å². The Labute approximate surface area is 126 Å². The molecule has 19 heavy (non-hydrogen) atoms. The Morgan fingerprint density at radius 3 is 2.37 bits per heavy atom. The molecule has 0 saturated heterocycles. The molecule has 1 N–H and O–H groups in total. The van der Waals surface area contributed by atoms with E-state index in [2.05, 4.69) is 72.6 Å². The lowest BCUT2D eigenvalue weighted by Gasteiger charge is -2.23. The number of hydrogen-bond acceptors (Lipinski definition) is 2. The van der Waals surface area contributed by atoms with Gasteiger partial charge in [0.1, 0.15) is 0 Å². The SMILES string of the molecule is CCn1nc(C)c(Br)c1CC(CNC(C)C)C(C)C. The molecule has 1 rings (SSSR count). The number of aryl methyl sites for hydroxylation is 2. The van der Waals surface area contributed by atoms with E-state index in [9.17, 15) is 0 Å². The molecule has 0 fully saturated rings. The van der Waals surface area contributed by atoms with Gasteiger partial charge in [-0.2, -0.15) is 5.10 Å². The van der Waals surface area contributed by atoms with E-state index >= 15 is 0 Å². The van der Waals surface area contributed by atoms with Gasteiger partial charge in [-0.1, -0.05) is 27.7 Å². The largest absolute Gasteiger partial charge is 0.314 e. The molecule has 1 unspecified atom stereocenters. The first-order chi connectivity index (χ1) is 8.86. The van der Waals surface area contributed by atoms with Gasteiger partial charge in [0.2, 0.25) is 0 Å². The first kappa shape index (κ1) is 16.7. The third-order valence-corrected chi connectivity index (χ3v) is 4.67. The van der Waals surface area contributed by atoms with Gasteiger partial charge in [-0.05, 0) is 54.6 Å². The molecule has 1 heterocycles. The van der Waals surface area contributed by atoms with Crippen LogP contribution in [0, 0.1) is 18.8 Å². The van der Waals surface area contributed by atoms with E-state index in [4.69, 9.17) is 0 Å². The monoisotopic (exact) mass is 329 g/mol. The van der Waals surface area contributed by atoms with E-state index in [0.29, 0.717) is 17.9 Å². The number of rotatable bonds is 7. The summed E-state index contributed by atoms with van der Waals surface area (Å²) in [5.41, 5.74) is 2.43. The molecule has 0 aliphatic heterocycles. The van der Waals surface area contributed by atoms with Crippen LogP contribution in [-0.2, 0) is 13.0 Å². The summed E-state index contributed by atoms with van der Waals surface area (Å²) in [6, 6.07) is 0.544. The Balaban J connectivity index is 2.84. The Morgan fingerprint density at radius 1 is 1.26 bits per heavy atom. The van der Waals surface area contributed by atoms with Gasteiger partial charge in [-0.25, -0.2) is 0 Å². The highest BCUT2D eigenvalue weighted by molar-refractivity contribution is 9.10. The third kappa shape index (κ3) is 4.60. The number of hydrogen-bond donors (Lipinski definition) is 1. The van der Waals surface area contributed by atoms with Crippen LogP contribution in [0.15, 0.2) is 4.47 Å². The van der Waals surface area contributed by atoms with E-state index < -0.39 is 0 Å². The van der Waals surface area contributed by atoms with Crippen LogP contribution in [0.3, 0.4) is 0 Å². The highest BCUT2D eigenvalue weighted by atomic mass is 79.9. The number of nitrogens with one attached hydrogen (secondary N) is 1. The predicted molar refractivity (Wildman–Crippen MR) is 85.5 cm³/mol. The van der Waals surface area contributed by atoms with Crippen molar-refractivity contribution in [2.24, 2.45) is 11.8 Å². The fourth-order valence-corrected chi connectivity index (χ4v) is 2.69. The fraction of sp³-hybridized carbons (Fsp3) is 0.800. The van der Waals surface area contributed by atoms with Crippen LogP contribution in [0.5, 0.6) is 0 Å². The summed E-state index contributed by atoms with van der Waals surface area (Å²) in [4.78, 5) is 0. The van der Waals surface area contributed by atoms with E-state index in [0.717, 1.165) is 25.2 Å². The second kappa shape index (κ2) is 7.44. The average molecular weight is 330 g/mol. The molecule has 1 atom stereocenters. The first-order valence-corrected chi connectivity index (χ1v) is 8.11. The zero-order valence-electron chi connectivity index (χ0n) is 13.1. The van der Waals surface area contributed by atoms with Crippen LogP contribution in [0.4, 0.5) is 0 Å². The van der Waals surface area contributed by atoms with Crippen molar-refractivity contribution in [2.75, 3.05) is 6.54 Å². The maximum absolute atomic E-state index is 4.59. The predicted octanol–water partition coefficient (Wildman–Crippen LogP) is 3.79. The van der Waals surface area contributed by atoms with Gasteiger partial charge in [0.15, 0.2) is 0 Å². The zero-order chi connectivity index (χ0) is 14.6. The Morgan fingerprint density at radius 2 is 1.89 bits per heavy atom. The second-order valence-electron chi connectivity index (χ2n) is 5.93. The highest BCUT2D eigenvalue weighted by Crippen LogP contribution is 2.26. The average Bonchev–Trinajstić information content (AvgIpc) is 2.60. The Bertz CT molecular complexity index is 396. The minimum absolute atomic E-state index is 0.544. The maximum atomic E-state index is 4.59. The van der Waals surface area contributed by atoms with Crippen LogP contribution in [-0.4, -0.2) is 22.4 Å². The Hall–Kier alpha value is -0.350. The molecule has 0 bridgehead atoms. The summed E-state index contributed by atoms with van der Waals surface area (Å²) in [5, 5.41) is 8.15. The summed E-state index contributed by atoms with van der Waals surface area (Å²) in [5.74, 6) is 1.30. The maximum Gasteiger partial charge on any atom is 0.0738 e. The normalized spacial score (nSPS) is 13.5. The van der Waals surface area contributed by atoms with Gasteiger partial charge >= 0.3 is 0 Å². The van der Waals surface area contributed by atoms with E-state index in [1.807, 2.05) is 0 Å². The highest BCUT2D eigenvalue weighted by Gasteiger charge is 2.20. The van der Waals surface area contributed by atoms with E-state index in [1.54, 1.807) is 0 Å². The molecule has 0 aliphatic rings. The fourth-order valence-electron chi connectivity index (χ4n) is 2.24. The quantitative estimate of drug-likeness (QED) is 0.824. The number of nitrogens with zero attached hydrogens (tertiary/aromatic N) is 2. The minimum atomic E-state index is 0.544. The summed E-state index contributed by atoms with van der Waals surface area (Å²) in [6.07, 6.45) is 1.08. The first-order valence-electron chi connectivity index (χ1n) is 7.31. The van der Waals surface area contributed by atoms with Crippen molar-refractivity contribution in [1.82, 2.24) is 15.1 Å². The summed E-state index contributed by atoms with van der Waals surface area (Å²) < 4.78 is 3.31. The molecule has 4 heteroatoms.